The van der Waals surface area contributed by atoms with Gasteiger partial charge in [0.05, 0.1) is 5.56 Å². The average molecular weight is 255 g/mol. The molecule has 1 aromatic carbocycles. The van der Waals surface area contributed by atoms with Crippen LogP contribution in [0.4, 0.5) is 13.2 Å². The molecule has 0 unspecified atom stereocenters. The van der Waals surface area contributed by atoms with Crippen LogP contribution in [0.3, 0.4) is 0 Å². The minimum Gasteiger partial charge on any atom is -0.166 e. The Labute approximate surface area is 103 Å². The van der Waals surface area contributed by atoms with Crippen molar-refractivity contribution >= 4 is 6.08 Å². The van der Waals surface area contributed by atoms with Gasteiger partial charge in [-0.3, -0.25) is 0 Å². The van der Waals surface area contributed by atoms with Crippen molar-refractivity contribution in [1.29, 1.82) is 0 Å². The summed E-state index contributed by atoms with van der Waals surface area (Å²) >= 11 is 0. The van der Waals surface area contributed by atoms with E-state index in [0.29, 0.717) is 18.5 Å². The summed E-state index contributed by atoms with van der Waals surface area (Å²) in [7, 11) is 0. The van der Waals surface area contributed by atoms with E-state index in [-0.39, 0.29) is 5.56 Å². The summed E-state index contributed by atoms with van der Waals surface area (Å²) in [5.74, 6) is 0. The third-order valence-electron chi connectivity index (χ3n) is 2.33. The summed E-state index contributed by atoms with van der Waals surface area (Å²) in [5, 5.41) is 3.35. The van der Waals surface area contributed by atoms with E-state index in [2.05, 4.69) is 10.0 Å². The van der Waals surface area contributed by atoms with Crippen LogP contribution in [-0.2, 0) is 6.18 Å². The van der Waals surface area contributed by atoms with E-state index >= 15 is 0 Å². The van der Waals surface area contributed by atoms with Gasteiger partial charge in [-0.2, -0.15) is 13.2 Å². The van der Waals surface area contributed by atoms with E-state index in [1.165, 1.54) is 19.1 Å². The summed E-state index contributed by atoms with van der Waals surface area (Å²) in [5.41, 5.74) is 8.33. The molecule has 18 heavy (non-hydrogen) atoms. The summed E-state index contributed by atoms with van der Waals surface area (Å²) in [4.78, 5) is 2.60. The van der Waals surface area contributed by atoms with Gasteiger partial charge in [-0.25, -0.2) is 0 Å². The molecule has 0 fully saturated rings. The molecule has 1 aromatic rings. The number of halogens is 3. The summed E-state index contributed by atoms with van der Waals surface area (Å²) in [6, 6.07) is 3.97. The van der Waals surface area contributed by atoms with Crippen molar-refractivity contribution in [2.45, 2.75) is 19.5 Å². The van der Waals surface area contributed by atoms with Crippen molar-refractivity contribution < 1.29 is 13.2 Å². The lowest BCUT2D eigenvalue weighted by Gasteiger charge is -2.10. The number of aryl methyl sites for hydroxylation is 1. The molecule has 0 radical (unpaired) electrons. The Morgan fingerprint density at radius 3 is 2.67 bits per heavy atom. The maximum Gasteiger partial charge on any atom is 0.416 e. The first-order chi connectivity index (χ1) is 8.45. The molecule has 0 atom stereocenters. The first-order valence-electron chi connectivity index (χ1n) is 5.30. The van der Waals surface area contributed by atoms with Crippen LogP contribution in [0.15, 0.2) is 29.4 Å². The molecular weight excluding hydrogens is 243 g/mol. The van der Waals surface area contributed by atoms with Crippen LogP contribution in [0.2, 0.25) is 0 Å². The molecule has 96 valence electrons. The monoisotopic (exact) mass is 255 g/mol. The number of azide groups is 1. The highest BCUT2D eigenvalue weighted by Crippen LogP contribution is 2.32. The van der Waals surface area contributed by atoms with Gasteiger partial charge in [0, 0.05) is 11.5 Å². The van der Waals surface area contributed by atoms with Crippen LogP contribution in [0.1, 0.15) is 23.1 Å². The van der Waals surface area contributed by atoms with Gasteiger partial charge in [-0.1, -0.05) is 29.4 Å². The van der Waals surface area contributed by atoms with Crippen molar-refractivity contribution in [3.8, 4) is 0 Å². The summed E-state index contributed by atoms with van der Waals surface area (Å²) < 4.78 is 37.5. The molecule has 0 saturated carbocycles. The number of rotatable bonds is 4. The number of hydrogen-bond donors (Lipinski definition) is 0. The SMILES string of the molecule is Cc1cc(C=CCCN=[N+]=[N-])ccc1C(F)(F)F. The lowest BCUT2D eigenvalue weighted by atomic mass is 10.0. The molecule has 0 aliphatic heterocycles. The van der Waals surface area contributed by atoms with Gasteiger partial charge >= 0.3 is 6.18 Å². The molecular formula is C12H12F3N3. The maximum absolute atomic E-state index is 12.5. The minimum absolute atomic E-state index is 0.194. The van der Waals surface area contributed by atoms with Gasteiger partial charge in [0.2, 0.25) is 0 Å². The fourth-order valence-electron chi connectivity index (χ4n) is 1.51. The molecule has 6 heteroatoms. The normalized spacial score (nSPS) is 11.6. The van der Waals surface area contributed by atoms with E-state index in [4.69, 9.17) is 5.53 Å². The second-order valence-corrected chi connectivity index (χ2v) is 3.72. The van der Waals surface area contributed by atoms with Gasteiger partial charge in [-0.05, 0) is 36.1 Å². The molecule has 0 amide bonds. The Morgan fingerprint density at radius 2 is 2.11 bits per heavy atom. The van der Waals surface area contributed by atoms with Crippen molar-refractivity contribution in [3.63, 3.8) is 0 Å². The van der Waals surface area contributed by atoms with E-state index in [0.717, 1.165) is 6.07 Å². The predicted molar refractivity (Wildman–Crippen MR) is 63.8 cm³/mol. The van der Waals surface area contributed by atoms with Gasteiger partial charge in [-0.15, -0.1) is 0 Å². The van der Waals surface area contributed by atoms with Crippen LogP contribution in [0.25, 0.3) is 16.5 Å². The third-order valence-corrected chi connectivity index (χ3v) is 2.33. The molecule has 0 aliphatic rings. The third kappa shape index (κ3) is 4.14. The van der Waals surface area contributed by atoms with Crippen LogP contribution in [0.5, 0.6) is 0 Å². The highest BCUT2D eigenvalue weighted by molar-refractivity contribution is 5.52. The number of alkyl halides is 3. The zero-order chi connectivity index (χ0) is 13.6. The van der Waals surface area contributed by atoms with Crippen molar-refractivity contribution in [3.05, 3.63) is 51.4 Å². The molecule has 0 bridgehead atoms. The largest absolute Gasteiger partial charge is 0.416 e. The van der Waals surface area contributed by atoms with Gasteiger partial charge in [0.1, 0.15) is 0 Å². The molecule has 0 aromatic heterocycles. The minimum atomic E-state index is -4.31. The Hall–Kier alpha value is -1.94. The number of nitrogens with zero attached hydrogens (tertiary/aromatic N) is 3. The fraction of sp³-hybridized carbons (Fsp3) is 0.333. The van der Waals surface area contributed by atoms with E-state index in [1.54, 1.807) is 12.2 Å². The standard InChI is InChI=1S/C12H12F3N3/c1-9-8-10(4-2-3-7-17-18-16)5-6-11(9)12(13,14)15/h2,4-6,8H,3,7H2,1H3. The van der Waals surface area contributed by atoms with Gasteiger partial charge in [0.25, 0.3) is 0 Å². The molecule has 0 spiro atoms. The first-order valence-corrected chi connectivity index (χ1v) is 5.30. The molecule has 0 saturated heterocycles. The van der Waals surface area contributed by atoms with Gasteiger partial charge < -0.3 is 0 Å². The van der Waals surface area contributed by atoms with E-state index < -0.39 is 11.7 Å². The second kappa shape index (κ2) is 6.12. The molecule has 0 aliphatic carbocycles. The van der Waals surface area contributed by atoms with Crippen LogP contribution >= 0.6 is 0 Å². The lowest BCUT2D eigenvalue weighted by molar-refractivity contribution is -0.138. The molecule has 1 rings (SSSR count). The van der Waals surface area contributed by atoms with Crippen molar-refractivity contribution in [2.24, 2.45) is 5.11 Å². The van der Waals surface area contributed by atoms with Crippen LogP contribution in [0, 0.1) is 6.92 Å². The molecule has 3 nitrogen and oxygen atoms in total. The van der Waals surface area contributed by atoms with Crippen LogP contribution < -0.4 is 0 Å². The zero-order valence-corrected chi connectivity index (χ0v) is 9.78. The second-order valence-electron chi connectivity index (χ2n) is 3.72. The fourth-order valence-corrected chi connectivity index (χ4v) is 1.51. The maximum atomic E-state index is 12.5. The Morgan fingerprint density at radius 1 is 1.39 bits per heavy atom. The van der Waals surface area contributed by atoms with Crippen molar-refractivity contribution in [2.75, 3.05) is 6.54 Å². The van der Waals surface area contributed by atoms with Gasteiger partial charge in [0.15, 0.2) is 0 Å². The van der Waals surface area contributed by atoms with Crippen molar-refractivity contribution in [1.82, 2.24) is 0 Å². The Balaban J connectivity index is 2.76. The average Bonchev–Trinajstić information content (AvgIpc) is 2.27. The zero-order valence-electron chi connectivity index (χ0n) is 9.78. The summed E-state index contributed by atoms with van der Waals surface area (Å²) in [6.07, 6.45) is -0.283. The topological polar surface area (TPSA) is 48.8 Å². The predicted octanol–water partition coefficient (Wildman–Crippen LogP) is 4.73. The lowest BCUT2D eigenvalue weighted by Crippen LogP contribution is -2.07. The quantitative estimate of drug-likeness (QED) is 0.323. The highest BCUT2D eigenvalue weighted by Gasteiger charge is 2.31. The number of hydrogen-bond acceptors (Lipinski definition) is 1. The first kappa shape index (κ1) is 14.1. The van der Waals surface area contributed by atoms with E-state index in [9.17, 15) is 13.2 Å². The van der Waals surface area contributed by atoms with E-state index in [1.807, 2.05) is 0 Å². The van der Waals surface area contributed by atoms with Crippen LogP contribution in [-0.4, -0.2) is 6.54 Å². The molecule has 0 N–H and O–H groups in total. The summed E-state index contributed by atoms with van der Waals surface area (Å²) in [6.45, 7) is 1.77. The Kier molecular flexibility index (Phi) is 4.80. The smallest absolute Gasteiger partial charge is 0.166 e. The highest BCUT2D eigenvalue weighted by atomic mass is 19.4. The number of benzene rings is 1. The molecule has 0 heterocycles. The Bertz CT molecular complexity index is 486.